The summed E-state index contributed by atoms with van der Waals surface area (Å²) in [5.41, 5.74) is 2.09. The topological polar surface area (TPSA) is 45.0 Å². The Morgan fingerprint density at radius 3 is 2.29 bits per heavy atom. The molecule has 0 aliphatic carbocycles. The van der Waals surface area contributed by atoms with Gasteiger partial charge in [-0.15, -0.1) is 0 Å². The maximum Gasteiger partial charge on any atom is 0.121 e. The zero-order chi connectivity index (χ0) is 15.1. The van der Waals surface area contributed by atoms with Crippen LogP contribution in [0, 0.1) is 11.3 Å². The molecule has 0 heterocycles. The second-order valence-corrected chi connectivity index (χ2v) is 5.23. The number of ether oxygens (including phenoxy) is 1. The van der Waals surface area contributed by atoms with Gasteiger partial charge in [0.2, 0.25) is 0 Å². The van der Waals surface area contributed by atoms with Crippen LogP contribution in [-0.4, -0.2) is 6.04 Å². The van der Waals surface area contributed by atoms with Crippen LogP contribution in [-0.2, 0) is 6.61 Å². The van der Waals surface area contributed by atoms with Gasteiger partial charge in [-0.1, -0.05) is 42.5 Å². The summed E-state index contributed by atoms with van der Waals surface area (Å²) in [6.45, 7) is 4.61. The summed E-state index contributed by atoms with van der Waals surface area (Å²) in [6, 6.07) is 20.0. The molecule has 0 aliphatic rings. The van der Waals surface area contributed by atoms with Crippen LogP contribution < -0.4 is 10.1 Å². The first-order valence-corrected chi connectivity index (χ1v) is 7.11. The quantitative estimate of drug-likeness (QED) is 0.874. The Labute approximate surface area is 126 Å². The maximum atomic E-state index is 9.21. The molecule has 2 rings (SSSR count). The molecule has 0 fully saturated rings. The molecule has 0 saturated heterocycles. The number of rotatable bonds is 6. The molecular formula is C18H20N2O. The SMILES string of the molecule is CC(C)NC(C#N)c1ccc(OCc2ccccc2)cc1. The summed E-state index contributed by atoms with van der Waals surface area (Å²) in [7, 11) is 0. The molecule has 1 N–H and O–H groups in total. The minimum atomic E-state index is -0.284. The molecule has 0 radical (unpaired) electrons. The maximum absolute atomic E-state index is 9.21. The number of hydrogen-bond donors (Lipinski definition) is 1. The van der Waals surface area contributed by atoms with Gasteiger partial charge in [-0.2, -0.15) is 5.26 Å². The molecule has 3 nitrogen and oxygen atoms in total. The standard InChI is InChI=1S/C18H20N2O/c1-14(2)20-18(12-19)16-8-10-17(11-9-16)21-13-15-6-4-3-5-7-15/h3-11,14,18,20H,13H2,1-2H3. The second-order valence-electron chi connectivity index (χ2n) is 5.23. The average molecular weight is 280 g/mol. The summed E-state index contributed by atoms with van der Waals surface area (Å²) in [6.07, 6.45) is 0. The van der Waals surface area contributed by atoms with Crippen LogP contribution in [0.3, 0.4) is 0 Å². The Kier molecular flexibility index (Phi) is 5.36. The van der Waals surface area contributed by atoms with Gasteiger partial charge in [-0.05, 0) is 37.1 Å². The fourth-order valence-corrected chi connectivity index (χ4v) is 2.04. The molecule has 2 aromatic carbocycles. The van der Waals surface area contributed by atoms with Gasteiger partial charge in [0.05, 0.1) is 6.07 Å². The third-order valence-electron chi connectivity index (χ3n) is 3.09. The molecular weight excluding hydrogens is 260 g/mol. The van der Waals surface area contributed by atoms with E-state index in [0.29, 0.717) is 6.61 Å². The van der Waals surface area contributed by atoms with Crippen molar-refractivity contribution in [2.24, 2.45) is 0 Å². The fraction of sp³-hybridized carbons (Fsp3) is 0.278. The van der Waals surface area contributed by atoms with E-state index in [-0.39, 0.29) is 12.1 Å². The van der Waals surface area contributed by atoms with Crippen molar-refractivity contribution in [1.82, 2.24) is 5.32 Å². The van der Waals surface area contributed by atoms with Crippen LogP contribution in [0.1, 0.15) is 31.0 Å². The third kappa shape index (κ3) is 4.62. The lowest BCUT2D eigenvalue weighted by atomic mass is 10.1. The Balaban J connectivity index is 1.97. The van der Waals surface area contributed by atoms with Crippen molar-refractivity contribution in [2.45, 2.75) is 32.5 Å². The summed E-state index contributed by atoms with van der Waals surface area (Å²) in [5.74, 6) is 0.809. The number of nitrogens with zero attached hydrogens (tertiary/aromatic N) is 1. The Bertz CT molecular complexity index is 585. The van der Waals surface area contributed by atoms with Crippen LogP contribution in [0.2, 0.25) is 0 Å². The summed E-state index contributed by atoms with van der Waals surface area (Å²) < 4.78 is 5.74. The molecule has 108 valence electrons. The molecule has 1 unspecified atom stereocenters. The van der Waals surface area contributed by atoms with E-state index in [9.17, 15) is 5.26 Å². The van der Waals surface area contributed by atoms with Gasteiger partial charge >= 0.3 is 0 Å². The highest BCUT2D eigenvalue weighted by Crippen LogP contribution is 2.19. The molecule has 2 aromatic rings. The molecule has 0 aromatic heterocycles. The van der Waals surface area contributed by atoms with E-state index in [1.54, 1.807) is 0 Å². The van der Waals surface area contributed by atoms with Crippen molar-refractivity contribution in [1.29, 1.82) is 5.26 Å². The first-order chi connectivity index (χ1) is 10.2. The third-order valence-corrected chi connectivity index (χ3v) is 3.09. The van der Waals surface area contributed by atoms with Gasteiger partial charge in [-0.25, -0.2) is 0 Å². The Morgan fingerprint density at radius 2 is 1.71 bits per heavy atom. The van der Waals surface area contributed by atoms with Crippen molar-refractivity contribution >= 4 is 0 Å². The van der Waals surface area contributed by atoms with E-state index in [1.165, 1.54) is 0 Å². The summed E-state index contributed by atoms with van der Waals surface area (Å²) in [5, 5.41) is 12.4. The van der Waals surface area contributed by atoms with Crippen LogP contribution in [0.15, 0.2) is 54.6 Å². The largest absolute Gasteiger partial charge is 0.489 e. The molecule has 0 amide bonds. The number of hydrogen-bond acceptors (Lipinski definition) is 3. The van der Waals surface area contributed by atoms with Crippen LogP contribution in [0.5, 0.6) is 5.75 Å². The normalized spacial score (nSPS) is 11.9. The smallest absolute Gasteiger partial charge is 0.121 e. The minimum absolute atomic E-state index is 0.267. The zero-order valence-corrected chi connectivity index (χ0v) is 12.4. The predicted octanol–water partition coefficient (Wildman–Crippen LogP) is 3.83. The number of benzene rings is 2. The first kappa shape index (κ1) is 15.1. The van der Waals surface area contributed by atoms with E-state index < -0.39 is 0 Å². The van der Waals surface area contributed by atoms with E-state index in [1.807, 2.05) is 68.4 Å². The van der Waals surface area contributed by atoms with E-state index in [2.05, 4.69) is 11.4 Å². The molecule has 0 aliphatic heterocycles. The number of nitriles is 1. The van der Waals surface area contributed by atoms with Gasteiger partial charge in [0.1, 0.15) is 18.4 Å². The lowest BCUT2D eigenvalue weighted by Crippen LogP contribution is -2.27. The van der Waals surface area contributed by atoms with Crippen molar-refractivity contribution < 1.29 is 4.74 Å². The lowest BCUT2D eigenvalue weighted by molar-refractivity contribution is 0.306. The summed E-state index contributed by atoms with van der Waals surface area (Å²) in [4.78, 5) is 0. The second kappa shape index (κ2) is 7.47. The van der Waals surface area contributed by atoms with Gasteiger partial charge in [0, 0.05) is 6.04 Å². The highest BCUT2D eigenvalue weighted by atomic mass is 16.5. The highest BCUT2D eigenvalue weighted by molar-refractivity contribution is 5.32. The van der Waals surface area contributed by atoms with E-state index >= 15 is 0 Å². The predicted molar refractivity (Wildman–Crippen MR) is 83.8 cm³/mol. The molecule has 0 bridgehead atoms. The summed E-state index contributed by atoms with van der Waals surface area (Å²) >= 11 is 0. The van der Waals surface area contributed by atoms with Gasteiger partial charge in [0.15, 0.2) is 0 Å². The lowest BCUT2D eigenvalue weighted by Gasteiger charge is -2.15. The van der Waals surface area contributed by atoms with Crippen molar-refractivity contribution in [3.63, 3.8) is 0 Å². The first-order valence-electron chi connectivity index (χ1n) is 7.11. The zero-order valence-electron chi connectivity index (χ0n) is 12.4. The van der Waals surface area contributed by atoms with Crippen molar-refractivity contribution in [3.05, 3.63) is 65.7 Å². The van der Waals surface area contributed by atoms with Crippen LogP contribution in [0.25, 0.3) is 0 Å². The van der Waals surface area contributed by atoms with Crippen molar-refractivity contribution in [3.8, 4) is 11.8 Å². The van der Waals surface area contributed by atoms with Crippen molar-refractivity contribution in [2.75, 3.05) is 0 Å². The van der Waals surface area contributed by atoms with Gasteiger partial charge in [-0.3, -0.25) is 5.32 Å². The van der Waals surface area contributed by atoms with E-state index in [0.717, 1.165) is 16.9 Å². The molecule has 0 saturated carbocycles. The molecule has 21 heavy (non-hydrogen) atoms. The fourth-order valence-electron chi connectivity index (χ4n) is 2.04. The van der Waals surface area contributed by atoms with Crippen LogP contribution in [0.4, 0.5) is 0 Å². The molecule has 1 atom stereocenters. The number of nitrogens with one attached hydrogen (secondary N) is 1. The van der Waals surface area contributed by atoms with Gasteiger partial charge in [0.25, 0.3) is 0 Å². The average Bonchev–Trinajstić information content (AvgIpc) is 2.52. The van der Waals surface area contributed by atoms with Crippen LogP contribution >= 0.6 is 0 Å². The monoisotopic (exact) mass is 280 g/mol. The highest BCUT2D eigenvalue weighted by Gasteiger charge is 2.11. The van der Waals surface area contributed by atoms with E-state index in [4.69, 9.17) is 4.74 Å². The minimum Gasteiger partial charge on any atom is -0.489 e. The van der Waals surface area contributed by atoms with Gasteiger partial charge < -0.3 is 4.74 Å². The molecule has 3 heteroatoms. The Hall–Kier alpha value is -2.31. The molecule has 0 spiro atoms. The Morgan fingerprint density at radius 1 is 1.05 bits per heavy atom.